The lowest BCUT2D eigenvalue weighted by Crippen LogP contribution is -2.33. The van der Waals surface area contributed by atoms with E-state index in [1.54, 1.807) is 0 Å². The van der Waals surface area contributed by atoms with Crippen LogP contribution in [0.3, 0.4) is 0 Å². The molecule has 4 nitrogen and oxygen atoms in total. The van der Waals surface area contributed by atoms with Gasteiger partial charge >= 0.3 is 0 Å². The standard InChI is InChI=1S/C21H28O4/c22-14-8-7-13-21(25-16-19-11-5-2-6-12-19)20(23)17-24-15-18-9-3-1-4-10-18/h1-6,9-12,20-23H,7-8,13-17H2/t20-,21+/m1/s1. The minimum Gasteiger partial charge on any atom is -0.396 e. The van der Waals surface area contributed by atoms with Crippen molar-refractivity contribution < 1.29 is 19.7 Å². The molecule has 0 saturated carbocycles. The van der Waals surface area contributed by atoms with Crippen molar-refractivity contribution in [3.05, 3.63) is 71.8 Å². The van der Waals surface area contributed by atoms with Crippen molar-refractivity contribution in [2.24, 2.45) is 0 Å². The number of benzene rings is 2. The highest BCUT2D eigenvalue weighted by molar-refractivity contribution is 5.14. The molecule has 0 saturated heterocycles. The third kappa shape index (κ3) is 7.80. The molecule has 2 N–H and O–H groups in total. The normalized spacial score (nSPS) is 13.5. The van der Waals surface area contributed by atoms with Crippen LogP contribution in [0.4, 0.5) is 0 Å². The third-order valence-electron chi connectivity index (χ3n) is 4.03. The van der Waals surface area contributed by atoms with Gasteiger partial charge in [0.25, 0.3) is 0 Å². The number of aliphatic hydroxyl groups is 2. The fourth-order valence-electron chi connectivity index (χ4n) is 2.60. The summed E-state index contributed by atoms with van der Waals surface area (Å²) in [5, 5.41) is 19.4. The monoisotopic (exact) mass is 344 g/mol. The van der Waals surface area contributed by atoms with E-state index in [2.05, 4.69) is 0 Å². The molecule has 0 heterocycles. The maximum atomic E-state index is 10.5. The zero-order valence-corrected chi connectivity index (χ0v) is 14.6. The molecule has 0 bridgehead atoms. The van der Waals surface area contributed by atoms with Gasteiger partial charge in [0.05, 0.1) is 25.9 Å². The average Bonchev–Trinajstić information content (AvgIpc) is 2.66. The van der Waals surface area contributed by atoms with Gasteiger partial charge in [-0.05, 0) is 30.4 Å². The van der Waals surface area contributed by atoms with Gasteiger partial charge in [-0.1, -0.05) is 60.7 Å². The van der Waals surface area contributed by atoms with Gasteiger partial charge < -0.3 is 19.7 Å². The van der Waals surface area contributed by atoms with Gasteiger partial charge in [-0.2, -0.15) is 0 Å². The first-order valence-electron chi connectivity index (χ1n) is 8.85. The average molecular weight is 344 g/mol. The summed E-state index contributed by atoms with van der Waals surface area (Å²) in [7, 11) is 0. The SMILES string of the molecule is OCCCC[C@H](OCc1ccccc1)[C@H](O)COCc1ccccc1. The Kier molecular flexibility index (Phi) is 9.23. The molecule has 2 atom stereocenters. The minimum atomic E-state index is -0.689. The summed E-state index contributed by atoms with van der Waals surface area (Å²) < 4.78 is 11.6. The Labute approximate surface area is 150 Å². The summed E-state index contributed by atoms with van der Waals surface area (Å²) in [6, 6.07) is 19.8. The molecule has 25 heavy (non-hydrogen) atoms. The summed E-state index contributed by atoms with van der Waals surface area (Å²) in [5.41, 5.74) is 2.16. The van der Waals surface area contributed by atoms with Crippen LogP contribution in [0.2, 0.25) is 0 Å². The van der Waals surface area contributed by atoms with E-state index in [9.17, 15) is 5.11 Å². The molecule has 0 spiro atoms. The second kappa shape index (κ2) is 11.8. The van der Waals surface area contributed by atoms with E-state index in [1.807, 2.05) is 60.7 Å². The highest BCUT2D eigenvalue weighted by atomic mass is 16.5. The molecule has 2 rings (SSSR count). The molecule has 0 radical (unpaired) electrons. The Hall–Kier alpha value is -1.72. The Morgan fingerprint density at radius 2 is 1.40 bits per heavy atom. The number of ether oxygens (including phenoxy) is 2. The number of hydrogen-bond acceptors (Lipinski definition) is 4. The molecule has 0 aliphatic rings. The molecular weight excluding hydrogens is 316 g/mol. The van der Waals surface area contributed by atoms with Crippen LogP contribution in [0.5, 0.6) is 0 Å². The van der Waals surface area contributed by atoms with Crippen molar-refractivity contribution in [3.63, 3.8) is 0 Å². The minimum absolute atomic E-state index is 0.159. The molecule has 4 heteroatoms. The van der Waals surface area contributed by atoms with Crippen molar-refractivity contribution >= 4 is 0 Å². The van der Waals surface area contributed by atoms with Crippen LogP contribution in [0.15, 0.2) is 60.7 Å². The van der Waals surface area contributed by atoms with Crippen LogP contribution in [-0.4, -0.2) is 35.6 Å². The number of unbranched alkanes of at least 4 members (excludes halogenated alkanes) is 1. The van der Waals surface area contributed by atoms with Gasteiger partial charge in [-0.3, -0.25) is 0 Å². The van der Waals surface area contributed by atoms with Crippen LogP contribution in [0.25, 0.3) is 0 Å². The third-order valence-corrected chi connectivity index (χ3v) is 4.03. The fourth-order valence-corrected chi connectivity index (χ4v) is 2.60. The molecule has 0 aliphatic carbocycles. The van der Waals surface area contributed by atoms with Crippen molar-refractivity contribution in [2.75, 3.05) is 13.2 Å². The summed E-state index contributed by atoms with van der Waals surface area (Å²) in [5.74, 6) is 0. The van der Waals surface area contributed by atoms with E-state index < -0.39 is 6.10 Å². The van der Waals surface area contributed by atoms with Crippen molar-refractivity contribution in [2.45, 2.75) is 44.7 Å². The maximum absolute atomic E-state index is 10.5. The molecule has 0 aliphatic heterocycles. The van der Waals surface area contributed by atoms with Crippen LogP contribution in [0.1, 0.15) is 30.4 Å². The van der Waals surface area contributed by atoms with Crippen molar-refractivity contribution in [1.82, 2.24) is 0 Å². The molecular formula is C21H28O4. The van der Waals surface area contributed by atoms with Crippen LogP contribution >= 0.6 is 0 Å². The van der Waals surface area contributed by atoms with E-state index in [1.165, 1.54) is 0 Å². The molecule has 2 aromatic carbocycles. The van der Waals surface area contributed by atoms with Crippen LogP contribution in [0, 0.1) is 0 Å². The maximum Gasteiger partial charge on any atom is 0.103 e. The Bertz CT molecular complexity index is 559. The molecule has 136 valence electrons. The predicted molar refractivity (Wildman–Crippen MR) is 98.1 cm³/mol. The second-order valence-corrected chi connectivity index (χ2v) is 6.12. The zero-order chi connectivity index (χ0) is 17.7. The fraction of sp³-hybridized carbons (Fsp3) is 0.429. The smallest absolute Gasteiger partial charge is 0.103 e. The molecule has 0 fully saturated rings. The molecule has 0 unspecified atom stereocenters. The first-order chi connectivity index (χ1) is 12.3. The highest BCUT2D eigenvalue weighted by Crippen LogP contribution is 2.14. The summed E-state index contributed by atoms with van der Waals surface area (Å²) in [4.78, 5) is 0. The van der Waals surface area contributed by atoms with Gasteiger partial charge in [0.1, 0.15) is 6.10 Å². The van der Waals surface area contributed by atoms with Gasteiger partial charge in [-0.25, -0.2) is 0 Å². The highest BCUT2D eigenvalue weighted by Gasteiger charge is 2.20. The molecule has 2 aromatic rings. The van der Waals surface area contributed by atoms with Crippen molar-refractivity contribution in [3.8, 4) is 0 Å². The predicted octanol–water partition coefficient (Wildman–Crippen LogP) is 3.31. The topological polar surface area (TPSA) is 58.9 Å². The lowest BCUT2D eigenvalue weighted by Gasteiger charge is -2.23. The first-order valence-corrected chi connectivity index (χ1v) is 8.85. The Morgan fingerprint density at radius 1 is 0.800 bits per heavy atom. The quantitative estimate of drug-likeness (QED) is 0.580. The Morgan fingerprint density at radius 3 is 2.00 bits per heavy atom. The lowest BCUT2D eigenvalue weighted by molar-refractivity contribution is -0.0844. The van der Waals surface area contributed by atoms with E-state index in [-0.39, 0.29) is 19.3 Å². The molecule has 0 aromatic heterocycles. The summed E-state index contributed by atoms with van der Waals surface area (Å²) in [6.07, 6.45) is 1.23. The van der Waals surface area contributed by atoms with E-state index in [0.29, 0.717) is 26.1 Å². The largest absolute Gasteiger partial charge is 0.396 e. The van der Waals surface area contributed by atoms with E-state index in [0.717, 1.165) is 17.5 Å². The molecule has 0 amide bonds. The van der Waals surface area contributed by atoms with E-state index in [4.69, 9.17) is 14.6 Å². The summed E-state index contributed by atoms with van der Waals surface area (Å²) >= 11 is 0. The number of rotatable bonds is 12. The van der Waals surface area contributed by atoms with Crippen molar-refractivity contribution in [1.29, 1.82) is 0 Å². The van der Waals surface area contributed by atoms with Gasteiger partial charge in [0.15, 0.2) is 0 Å². The lowest BCUT2D eigenvalue weighted by atomic mass is 10.1. The Balaban J connectivity index is 1.80. The van der Waals surface area contributed by atoms with Crippen LogP contribution < -0.4 is 0 Å². The van der Waals surface area contributed by atoms with Crippen LogP contribution in [-0.2, 0) is 22.7 Å². The van der Waals surface area contributed by atoms with E-state index >= 15 is 0 Å². The van der Waals surface area contributed by atoms with Gasteiger partial charge in [0.2, 0.25) is 0 Å². The second-order valence-electron chi connectivity index (χ2n) is 6.12. The zero-order valence-electron chi connectivity index (χ0n) is 14.6. The summed E-state index contributed by atoms with van der Waals surface area (Å²) in [6.45, 7) is 1.32. The number of aliphatic hydroxyl groups excluding tert-OH is 2. The first kappa shape index (κ1) is 19.6. The number of hydrogen-bond donors (Lipinski definition) is 2. The van der Waals surface area contributed by atoms with Gasteiger partial charge in [0, 0.05) is 6.61 Å². The van der Waals surface area contributed by atoms with Gasteiger partial charge in [-0.15, -0.1) is 0 Å².